The van der Waals surface area contributed by atoms with Crippen molar-refractivity contribution in [1.82, 2.24) is 0 Å². The van der Waals surface area contributed by atoms with E-state index in [0.29, 0.717) is 22.5 Å². The van der Waals surface area contributed by atoms with Gasteiger partial charge in [-0.05, 0) is 61.0 Å². The van der Waals surface area contributed by atoms with E-state index in [1.807, 2.05) is 96.4 Å². The van der Waals surface area contributed by atoms with Gasteiger partial charge in [0.25, 0.3) is 0 Å². The highest BCUT2D eigenvalue weighted by Gasteiger charge is 2.44. The van der Waals surface area contributed by atoms with Crippen LogP contribution in [-0.4, -0.2) is 46.3 Å². The summed E-state index contributed by atoms with van der Waals surface area (Å²) in [5.74, 6) is -0.653. The number of anilines is 2. The minimum atomic E-state index is -0.606. The van der Waals surface area contributed by atoms with Gasteiger partial charge in [0.05, 0.1) is 11.5 Å². The molecule has 0 saturated heterocycles. The van der Waals surface area contributed by atoms with Crippen LogP contribution in [0.3, 0.4) is 0 Å². The third-order valence-electron chi connectivity index (χ3n) is 7.39. The van der Waals surface area contributed by atoms with Gasteiger partial charge in [0.1, 0.15) is 24.3 Å². The van der Waals surface area contributed by atoms with Gasteiger partial charge in [-0.15, -0.1) is 0 Å². The molecular formula is C34H31N2O5+. The lowest BCUT2D eigenvalue weighted by Crippen LogP contribution is -2.35. The zero-order chi connectivity index (χ0) is 29.3. The third-order valence-corrected chi connectivity index (χ3v) is 7.39. The maximum absolute atomic E-state index is 13.2. The Morgan fingerprint density at radius 2 is 1.46 bits per heavy atom. The van der Waals surface area contributed by atoms with E-state index in [9.17, 15) is 19.8 Å². The first kappa shape index (κ1) is 27.4. The first-order chi connectivity index (χ1) is 19.6. The molecule has 0 radical (unpaired) electrons. The Morgan fingerprint density at radius 1 is 0.902 bits per heavy atom. The second kappa shape index (κ2) is 11.1. The highest BCUT2D eigenvalue weighted by atomic mass is 16.5. The lowest BCUT2D eigenvalue weighted by Gasteiger charge is -2.32. The van der Waals surface area contributed by atoms with Crippen molar-refractivity contribution in [3.8, 4) is 11.5 Å². The Labute approximate surface area is 239 Å². The van der Waals surface area contributed by atoms with Gasteiger partial charge < -0.3 is 19.8 Å². The third kappa shape index (κ3) is 5.47. The molecule has 0 amide bonds. The van der Waals surface area contributed by atoms with Gasteiger partial charge in [-0.1, -0.05) is 30.9 Å². The number of Topliss-reactive ketones (excluding diaryl/α,β-unsaturated/α-hetero) is 1. The Hall–Kier alpha value is -5.17. The summed E-state index contributed by atoms with van der Waals surface area (Å²) in [6.45, 7) is 5.19. The van der Waals surface area contributed by atoms with Crippen LogP contribution in [-0.2, 0) is 9.59 Å². The van der Waals surface area contributed by atoms with Gasteiger partial charge in [-0.3, -0.25) is 4.79 Å². The number of ether oxygens (including phenoxy) is 1. The van der Waals surface area contributed by atoms with E-state index in [4.69, 9.17) is 4.74 Å². The largest absolute Gasteiger partial charge is 0.511 e. The minimum Gasteiger partial charge on any atom is -0.511 e. The minimum absolute atomic E-state index is 0.0851. The van der Waals surface area contributed by atoms with Gasteiger partial charge in [0.15, 0.2) is 5.78 Å². The summed E-state index contributed by atoms with van der Waals surface area (Å²) in [7, 11) is 3.84. The summed E-state index contributed by atoms with van der Waals surface area (Å²) in [6, 6.07) is 21.5. The normalized spacial score (nSPS) is 17.7. The maximum atomic E-state index is 13.2. The van der Waals surface area contributed by atoms with Crippen LogP contribution >= 0.6 is 0 Å². The first-order valence-electron chi connectivity index (χ1n) is 13.2. The van der Waals surface area contributed by atoms with Gasteiger partial charge in [0, 0.05) is 54.2 Å². The second-order valence-electron chi connectivity index (χ2n) is 10.2. The number of carbonyl (C=O) groups excluding carboxylic acids is 2. The number of esters is 1. The zero-order valence-electron chi connectivity index (χ0n) is 23.1. The van der Waals surface area contributed by atoms with Crippen molar-refractivity contribution >= 4 is 40.1 Å². The van der Waals surface area contributed by atoms with Crippen LogP contribution in [0.5, 0.6) is 11.5 Å². The molecule has 206 valence electrons. The SMILES string of the molecule is C=C(C)C(=O)Oc1ccc([N+](C)=C2C=CC(C3C(=O)C(c4ccc(N(C)c5ccc(O)cc5)cc4)=C3O)C=C2)cc1. The molecular weight excluding hydrogens is 516 g/mol. The van der Waals surface area contributed by atoms with Crippen molar-refractivity contribution in [1.29, 1.82) is 0 Å². The number of phenolic OH excluding ortho intramolecular Hbond substituents is 1. The van der Waals surface area contributed by atoms with E-state index < -0.39 is 11.9 Å². The molecule has 0 saturated carbocycles. The van der Waals surface area contributed by atoms with Crippen LogP contribution in [0.2, 0.25) is 0 Å². The molecule has 0 heterocycles. The Morgan fingerprint density at radius 3 is 2.00 bits per heavy atom. The Kier molecular flexibility index (Phi) is 7.44. The van der Waals surface area contributed by atoms with E-state index in [-0.39, 0.29) is 23.2 Å². The average Bonchev–Trinajstić information content (AvgIpc) is 2.98. The van der Waals surface area contributed by atoms with Crippen molar-refractivity contribution in [3.05, 3.63) is 121 Å². The number of benzene rings is 3. The van der Waals surface area contributed by atoms with Crippen LogP contribution in [0.4, 0.5) is 17.1 Å². The molecule has 5 rings (SSSR count). The predicted molar refractivity (Wildman–Crippen MR) is 160 cm³/mol. The number of allylic oxidation sites excluding steroid dienone is 6. The van der Waals surface area contributed by atoms with Crippen LogP contribution in [0, 0.1) is 11.8 Å². The van der Waals surface area contributed by atoms with E-state index >= 15 is 0 Å². The fourth-order valence-electron chi connectivity index (χ4n) is 4.87. The lowest BCUT2D eigenvalue weighted by atomic mass is 9.71. The smallest absolute Gasteiger partial charge is 0.338 e. The fraction of sp³-hybridized carbons (Fsp3) is 0.147. The summed E-state index contributed by atoms with van der Waals surface area (Å²) in [5, 5.41) is 20.4. The molecule has 7 nitrogen and oxygen atoms in total. The number of aliphatic hydroxyl groups is 1. The number of aromatic hydroxyl groups is 1. The molecule has 2 aliphatic rings. The average molecular weight is 548 g/mol. The molecule has 0 fully saturated rings. The molecule has 7 heteroatoms. The molecule has 41 heavy (non-hydrogen) atoms. The number of phenols is 1. The molecule has 2 N–H and O–H groups in total. The molecule has 0 aromatic heterocycles. The Bertz CT molecular complexity index is 1630. The van der Waals surface area contributed by atoms with E-state index in [1.165, 1.54) is 0 Å². The van der Waals surface area contributed by atoms with Gasteiger partial charge >= 0.3 is 5.97 Å². The molecule has 3 aromatic rings. The van der Waals surface area contributed by atoms with Crippen molar-refractivity contribution in [2.45, 2.75) is 6.92 Å². The first-order valence-corrected chi connectivity index (χ1v) is 13.2. The molecule has 2 aliphatic carbocycles. The summed E-state index contributed by atoms with van der Waals surface area (Å²) in [6.07, 6.45) is 7.73. The van der Waals surface area contributed by atoms with Crippen molar-refractivity contribution in [2.24, 2.45) is 11.8 Å². The predicted octanol–water partition coefficient (Wildman–Crippen LogP) is 6.27. The zero-order valence-corrected chi connectivity index (χ0v) is 23.1. The summed E-state index contributed by atoms with van der Waals surface area (Å²) in [5.41, 5.74) is 5.00. The van der Waals surface area contributed by atoms with Crippen molar-refractivity contribution in [3.63, 3.8) is 0 Å². The monoisotopic (exact) mass is 547 g/mol. The summed E-state index contributed by atoms with van der Waals surface area (Å²) in [4.78, 5) is 26.9. The van der Waals surface area contributed by atoms with Crippen LogP contribution in [0.1, 0.15) is 12.5 Å². The van der Waals surface area contributed by atoms with E-state index in [2.05, 4.69) is 6.58 Å². The second-order valence-corrected chi connectivity index (χ2v) is 10.2. The van der Waals surface area contributed by atoms with Crippen LogP contribution < -0.4 is 9.64 Å². The summed E-state index contributed by atoms with van der Waals surface area (Å²) >= 11 is 0. The van der Waals surface area contributed by atoms with Crippen LogP contribution in [0.25, 0.3) is 5.57 Å². The van der Waals surface area contributed by atoms with E-state index in [1.54, 1.807) is 31.2 Å². The topological polar surface area (TPSA) is 90.1 Å². The van der Waals surface area contributed by atoms with Crippen molar-refractivity contribution in [2.75, 3.05) is 19.0 Å². The lowest BCUT2D eigenvalue weighted by molar-refractivity contribution is -0.403. The highest BCUT2D eigenvalue weighted by Crippen LogP contribution is 2.42. The number of rotatable bonds is 7. The quantitative estimate of drug-likeness (QED) is 0.157. The number of carbonyl (C=O) groups is 2. The molecule has 1 unspecified atom stereocenters. The van der Waals surface area contributed by atoms with E-state index in [0.717, 1.165) is 22.8 Å². The number of hydrogen-bond donors (Lipinski definition) is 2. The van der Waals surface area contributed by atoms with Gasteiger partial charge in [-0.25, -0.2) is 4.79 Å². The maximum Gasteiger partial charge on any atom is 0.338 e. The Balaban J connectivity index is 1.26. The number of nitrogens with zero attached hydrogens (tertiary/aromatic N) is 2. The fourth-order valence-corrected chi connectivity index (χ4v) is 4.87. The highest BCUT2D eigenvalue weighted by molar-refractivity contribution is 6.30. The number of aliphatic hydroxyl groups excluding tert-OH is 1. The van der Waals surface area contributed by atoms with Crippen molar-refractivity contribution < 1.29 is 29.1 Å². The molecule has 3 aromatic carbocycles. The number of ketones is 1. The molecule has 1 atom stereocenters. The molecule has 0 spiro atoms. The summed E-state index contributed by atoms with van der Waals surface area (Å²) < 4.78 is 7.23. The number of hydrogen-bond acceptors (Lipinski definition) is 6. The van der Waals surface area contributed by atoms with Crippen LogP contribution in [0.15, 0.2) is 115 Å². The standard InChI is InChI=1S/C34H30N2O5/c1-21(2)34(40)41-29-19-15-27(16-20-29)36(4)25-11-7-23(8-12-25)31-32(38)30(33(31)39)22-5-9-24(10-6-22)35(3)26-13-17-28(37)18-14-26/h5-20,23,31H,1H2,2-4H3,(H-,37,38,39)/p+1. The molecule has 0 aliphatic heterocycles. The van der Waals surface area contributed by atoms with Gasteiger partial charge in [-0.2, -0.15) is 4.58 Å². The molecule has 0 bridgehead atoms. The van der Waals surface area contributed by atoms with Gasteiger partial charge in [0.2, 0.25) is 11.4 Å².